The maximum absolute atomic E-state index is 12.8. The van der Waals surface area contributed by atoms with E-state index < -0.39 is 0 Å². The fraction of sp³-hybridized carbons (Fsp3) is 0.273. The average Bonchev–Trinajstić information content (AvgIpc) is 3.16. The van der Waals surface area contributed by atoms with Crippen LogP contribution >= 0.6 is 0 Å². The summed E-state index contributed by atoms with van der Waals surface area (Å²) >= 11 is 0. The summed E-state index contributed by atoms with van der Waals surface area (Å²) in [6.07, 6.45) is 4.71. The van der Waals surface area contributed by atoms with Crippen LogP contribution in [0.3, 0.4) is 0 Å². The van der Waals surface area contributed by atoms with Crippen molar-refractivity contribution in [3.8, 4) is 11.3 Å². The van der Waals surface area contributed by atoms with Crippen molar-refractivity contribution in [3.05, 3.63) is 71.7 Å². The molecule has 1 aliphatic heterocycles. The van der Waals surface area contributed by atoms with Gasteiger partial charge in [0.2, 0.25) is 5.91 Å². The molecule has 1 amide bonds. The topological polar surface area (TPSA) is 46.3 Å². The third-order valence-corrected chi connectivity index (χ3v) is 4.88. The molecule has 0 unspecified atom stereocenters. The van der Waals surface area contributed by atoms with E-state index in [2.05, 4.69) is 30.1 Å². The number of aromatic nitrogens is 1. The average molecular weight is 346 g/mol. The van der Waals surface area contributed by atoms with Crippen molar-refractivity contribution in [2.75, 3.05) is 11.4 Å². The van der Waals surface area contributed by atoms with Gasteiger partial charge in [-0.05, 0) is 30.9 Å². The minimum atomic E-state index is 0.139. The van der Waals surface area contributed by atoms with Gasteiger partial charge in [-0.25, -0.2) is 4.98 Å². The van der Waals surface area contributed by atoms with Crippen molar-refractivity contribution in [1.29, 1.82) is 0 Å². The van der Waals surface area contributed by atoms with E-state index in [9.17, 15) is 4.79 Å². The van der Waals surface area contributed by atoms with Gasteiger partial charge in [0, 0.05) is 30.6 Å². The zero-order valence-electron chi connectivity index (χ0n) is 14.9. The second kappa shape index (κ2) is 7.16. The van der Waals surface area contributed by atoms with E-state index in [1.165, 1.54) is 5.56 Å². The van der Waals surface area contributed by atoms with Gasteiger partial charge in [0.25, 0.3) is 0 Å². The maximum Gasteiger partial charge on any atom is 0.227 e. The Morgan fingerprint density at radius 1 is 1.15 bits per heavy atom. The van der Waals surface area contributed by atoms with E-state index in [-0.39, 0.29) is 5.91 Å². The molecule has 0 radical (unpaired) electrons. The SMILES string of the molecule is Cc1cccc2c1N(C(=O)CCc1ncc(-c3ccccc3)o1)CCC2. The van der Waals surface area contributed by atoms with Crippen LogP contribution in [-0.2, 0) is 17.6 Å². The van der Waals surface area contributed by atoms with E-state index in [0.717, 1.165) is 42.0 Å². The molecule has 0 N–H and O–H groups in total. The Balaban J connectivity index is 1.45. The number of benzene rings is 2. The van der Waals surface area contributed by atoms with Crippen molar-refractivity contribution in [3.63, 3.8) is 0 Å². The fourth-order valence-corrected chi connectivity index (χ4v) is 3.61. The number of hydrogen-bond donors (Lipinski definition) is 0. The summed E-state index contributed by atoms with van der Waals surface area (Å²) in [5, 5.41) is 0. The third-order valence-electron chi connectivity index (χ3n) is 4.88. The van der Waals surface area contributed by atoms with Crippen LogP contribution in [-0.4, -0.2) is 17.4 Å². The monoisotopic (exact) mass is 346 g/mol. The molecule has 26 heavy (non-hydrogen) atoms. The Bertz CT molecular complexity index is 915. The van der Waals surface area contributed by atoms with Gasteiger partial charge in [0.15, 0.2) is 11.7 Å². The van der Waals surface area contributed by atoms with E-state index in [4.69, 9.17) is 4.42 Å². The number of anilines is 1. The summed E-state index contributed by atoms with van der Waals surface area (Å²) in [5.41, 5.74) is 4.53. The number of aryl methyl sites for hydroxylation is 3. The first kappa shape index (κ1) is 16.6. The Labute approximate surface area is 153 Å². The highest BCUT2D eigenvalue weighted by Crippen LogP contribution is 2.31. The van der Waals surface area contributed by atoms with E-state index in [1.54, 1.807) is 6.20 Å². The lowest BCUT2D eigenvalue weighted by Crippen LogP contribution is -2.36. The maximum atomic E-state index is 12.8. The largest absolute Gasteiger partial charge is 0.441 e. The number of para-hydroxylation sites is 1. The second-order valence-electron chi connectivity index (χ2n) is 6.72. The van der Waals surface area contributed by atoms with Gasteiger partial charge in [-0.15, -0.1) is 0 Å². The van der Waals surface area contributed by atoms with Crippen molar-refractivity contribution in [2.45, 2.75) is 32.6 Å². The number of amides is 1. The predicted molar refractivity (Wildman–Crippen MR) is 102 cm³/mol. The molecule has 0 atom stereocenters. The number of carbonyl (C=O) groups is 1. The molecule has 132 valence electrons. The first-order chi connectivity index (χ1) is 12.7. The van der Waals surface area contributed by atoms with Gasteiger partial charge in [-0.2, -0.15) is 0 Å². The van der Waals surface area contributed by atoms with Gasteiger partial charge in [0.1, 0.15) is 0 Å². The Kier molecular flexibility index (Phi) is 4.57. The molecule has 4 heteroatoms. The molecule has 0 spiro atoms. The Morgan fingerprint density at radius 3 is 2.85 bits per heavy atom. The van der Waals surface area contributed by atoms with Crippen LogP contribution in [0.15, 0.2) is 59.1 Å². The number of hydrogen-bond acceptors (Lipinski definition) is 3. The van der Waals surface area contributed by atoms with Crippen LogP contribution in [0, 0.1) is 6.92 Å². The van der Waals surface area contributed by atoms with Crippen molar-refractivity contribution in [1.82, 2.24) is 4.98 Å². The Morgan fingerprint density at radius 2 is 2.00 bits per heavy atom. The number of rotatable bonds is 4. The van der Waals surface area contributed by atoms with Gasteiger partial charge < -0.3 is 9.32 Å². The van der Waals surface area contributed by atoms with Crippen molar-refractivity contribution < 1.29 is 9.21 Å². The third kappa shape index (κ3) is 3.27. The minimum Gasteiger partial charge on any atom is -0.441 e. The highest BCUT2D eigenvalue weighted by molar-refractivity contribution is 5.95. The molecule has 0 bridgehead atoms. The number of oxazole rings is 1. The van der Waals surface area contributed by atoms with Crippen molar-refractivity contribution >= 4 is 11.6 Å². The Hall–Kier alpha value is -2.88. The summed E-state index contributed by atoms with van der Waals surface area (Å²) in [7, 11) is 0. The summed E-state index contributed by atoms with van der Waals surface area (Å²) < 4.78 is 5.82. The summed E-state index contributed by atoms with van der Waals surface area (Å²) in [6, 6.07) is 16.2. The lowest BCUT2D eigenvalue weighted by atomic mass is 9.98. The normalized spacial score (nSPS) is 13.5. The standard InChI is InChI=1S/C22H22N2O2/c1-16-7-5-10-18-11-6-14-24(22(16)18)21(25)13-12-20-23-15-19(26-20)17-8-3-2-4-9-17/h2-5,7-10,15H,6,11-14H2,1H3. The summed E-state index contributed by atoms with van der Waals surface area (Å²) in [4.78, 5) is 19.1. The fourth-order valence-electron chi connectivity index (χ4n) is 3.61. The molecule has 1 aromatic heterocycles. The minimum absolute atomic E-state index is 0.139. The molecular formula is C22H22N2O2. The van der Waals surface area contributed by atoms with Crippen LogP contribution in [0.2, 0.25) is 0 Å². The summed E-state index contributed by atoms with van der Waals surface area (Å²) in [6.45, 7) is 2.86. The molecule has 1 aliphatic rings. The zero-order valence-corrected chi connectivity index (χ0v) is 14.9. The molecule has 0 fully saturated rings. The predicted octanol–water partition coefficient (Wildman–Crippen LogP) is 4.56. The van der Waals surface area contributed by atoms with Crippen LogP contribution in [0.1, 0.15) is 29.9 Å². The number of carbonyl (C=O) groups excluding carboxylic acids is 1. The smallest absolute Gasteiger partial charge is 0.227 e. The van der Waals surface area contributed by atoms with Crippen LogP contribution < -0.4 is 4.90 Å². The molecule has 3 aromatic rings. The molecular weight excluding hydrogens is 324 g/mol. The van der Waals surface area contributed by atoms with Gasteiger partial charge >= 0.3 is 0 Å². The van der Waals surface area contributed by atoms with Gasteiger partial charge in [-0.3, -0.25) is 4.79 Å². The van der Waals surface area contributed by atoms with Gasteiger partial charge in [-0.1, -0.05) is 48.5 Å². The highest BCUT2D eigenvalue weighted by atomic mass is 16.4. The van der Waals surface area contributed by atoms with E-state index in [0.29, 0.717) is 18.7 Å². The quantitative estimate of drug-likeness (QED) is 0.695. The first-order valence-electron chi connectivity index (χ1n) is 9.11. The first-order valence-corrected chi connectivity index (χ1v) is 9.11. The molecule has 0 aliphatic carbocycles. The van der Waals surface area contributed by atoms with Crippen molar-refractivity contribution in [2.24, 2.45) is 0 Å². The molecule has 4 nitrogen and oxygen atoms in total. The summed E-state index contributed by atoms with van der Waals surface area (Å²) in [5.74, 6) is 1.49. The van der Waals surface area contributed by atoms with E-state index >= 15 is 0 Å². The second-order valence-corrected chi connectivity index (χ2v) is 6.72. The van der Waals surface area contributed by atoms with Crippen LogP contribution in [0.25, 0.3) is 11.3 Å². The lowest BCUT2D eigenvalue weighted by Gasteiger charge is -2.31. The lowest BCUT2D eigenvalue weighted by molar-refractivity contribution is -0.118. The van der Waals surface area contributed by atoms with Crippen LogP contribution in [0.5, 0.6) is 0 Å². The number of fused-ring (bicyclic) bond motifs is 1. The van der Waals surface area contributed by atoms with E-state index in [1.807, 2.05) is 35.2 Å². The molecule has 2 heterocycles. The molecule has 4 rings (SSSR count). The molecule has 0 saturated heterocycles. The molecule has 2 aromatic carbocycles. The zero-order chi connectivity index (χ0) is 17.9. The van der Waals surface area contributed by atoms with Crippen LogP contribution in [0.4, 0.5) is 5.69 Å². The highest BCUT2D eigenvalue weighted by Gasteiger charge is 2.24. The van der Waals surface area contributed by atoms with Gasteiger partial charge in [0.05, 0.1) is 6.20 Å². The molecule has 0 saturated carbocycles. The number of nitrogens with zero attached hydrogens (tertiary/aromatic N) is 2.